The fourth-order valence-electron chi connectivity index (χ4n) is 2.68. The lowest BCUT2D eigenvalue weighted by Gasteiger charge is -2.36. The summed E-state index contributed by atoms with van der Waals surface area (Å²) in [5.74, 6) is 0. The highest BCUT2D eigenvalue weighted by molar-refractivity contribution is 7.53. The second kappa shape index (κ2) is 10.7. The van der Waals surface area contributed by atoms with Crippen LogP contribution < -0.4 is 0 Å². The first kappa shape index (κ1) is 20.1. The maximum Gasteiger partial charge on any atom is 0.346 e. The molecule has 1 heterocycles. The van der Waals surface area contributed by atoms with Crippen molar-refractivity contribution in [3.05, 3.63) is 0 Å². The Bertz CT molecular complexity index is 314. The highest BCUT2D eigenvalue weighted by Gasteiger charge is 2.35. The molecule has 22 heavy (non-hydrogen) atoms. The van der Waals surface area contributed by atoms with E-state index in [-0.39, 0.29) is 6.29 Å². The van der Waals surface area contributed by atoms with Crippen molar-refractivity contribution in [1.82, 2.24) is 9.34 Å². The van der Waals surface area contributed by atoms with Crippen molar-refractivity contribution in [2.24, 2.45) is 0 Å². The zero-order valence-corrected chi connectivity index (χ0v) is 15.5. The van der Waals surface area contributed by atoms with Crippen LogP contribution in [0, 0.1) is 0 Å². The molecule has 0 N–H and O–H groups in total. The molecule has 0 saturated carbocycles. The van der Waals surface area contributed by atoms with Crippen LogP contribution in [0.15, 0.2) is 0 Å². The molecular weight excluding hydrogens is 303 g/mol. The van der Waals surface area contributed by atoms with Gasteiger partial charge in [-0.15, -0.1) is 0 Å². The second-order valence-corrected chi connectivity index (χ2v) is 7.64. The Morgan fingerprint density at radius 1 is 1.00 bits per heavy atom. The molecule has 1 rings (SSSR count). The van der Waals surface area contributed by atoms with Gasteiger partial charge in [-0.3, -0.25) is 4.57 Å². The minimum absolute atomic E-state index is 0.126. The summed E-state index contributed by atoms with van der Waals surface area (Å²) in [5, 5.41) is 0. The second-order valence-electron chi connectivity index (χ2n) is 5.27. The SMILES string of the molecule is CCN(CC)P(=O)(OCCOC1CCCCO1)N(CC)CC. The minimum Gasteiger partial charge on any atom is -0.353 e. The monoisotopic (exact) mass is 336 g/mol. The zero-order chi connectivity index (χ0) is 16.4. The number of hydrogen-bond acceptors (Lipinski definition) is 4. The average molecular weight is 336 g/mol. The van der Waals surface area contributed by atoms with E-state index >= 15 is 0 Å². The molecule has 1 unspecified atom stereocenters. The van der Waals surface area contributed by atoms with E-state index in [9.17, 15) is 4.57 Å². The average Bonchev–Trinajstić information content (AvgIpc) is 2.55. The quantitative estimate of drug-likeness (QED) is 0.426. The van der Waals surface area contributed by atoms with Crippen molar-refractivity contribution in [2.45, 2.75) is 53.2 Å². The van der Waals surface area contributed by atoms with Gasteiger partial charge in [0.2, 0.25) is 0 Å². The fourth-order valence-corrected chi connectivity index (χ4v) is 5.11. The molecule has 132 valence electrons. The maximum absolute atomic E-state index is 13.3. The molecule has 0 aliphatic carbocycles. The van der Waals surface area contributed by atoms with Gasteiger partial charge in [0.25, 0.3) is 0 Å². The van der Waals surface area contributed by atoms with Gasteiger partial charge in [-0.2, -0.15) is 0 Å². The number of nitrogens with zero attached hydrogens (tertiary/aromatic N) is 2. The summed E-state index contributed by atoms with van der Waals surface area (Å²) in [6, 6.07) is 0. The van der Waals surface area contributed by atoms with E-state index in [1.807, 2.05) is 37.0 Å². The standard InChI is InChI=1S/C15H33N2O4P/c1-5-16(6-2)22(18,17(7-3)8-4)21-14-13-20-15-11-9-10-12-19-15/h15H,5-14H2,1-4H3. The molecule has 1 atom stereocenters. The molecule has 0 bridgehead atoms. The van der Waals surface area contributed by atoms with Crippen LogP contribution in [0.5, 0.6) is 0 Å². The van der Waals surface area contributed by atoms with Gasteiger partial charge < -0.3 is 14.0 Å². The van der Waals surface area contributed by atoms with Crippen LogP contribution in [0.25, 0.3) is 0 Å². The first-order valence-electron chi connectivity index (χ1n) is 8.60. The molecule has 0 aromatic rings. The van der Waals surface area contributed by atoms with Crippen LogP contribution in [0.3, 0.4) is 0 Å². The molecule has 0 aromatic carbocycles. The summed E-state index contributed by atoms with van der Waals surface area (Å²) in [4.78, 5) is 0. The lowest BCUT2D eigenvalue weighted by molar-refractivity contribution is -0.165. The van der Waals surface area contributed by atoms with Crippen LogP contribution in [-0.4, -0.2) is 61.6 Å². The van der Waals surface area contributed by atoms with Gasteiger partial charge in [0.1, 0.15) is 0 Å². The highest BCUT2D eigenvalue weighted by Crippen LogP contribution is 2.53. The predicted molar refractivity (Wildman–Crippen MR) is 88.9 cm³/mol. The summed E-state index contributed by atoms with van der Waals surface area (Å²) in [6.07, 6.45) is 3.06. The first-order valence-corrected chi connectivity index (χ1v) is 10.1. The zero-order valence-electron chi connectivity index (χ0n) is 14.6. The van der Waals surface area contributed by atoms with Crippen molar-refractivity contribution in [2.75, 3.05) is 46.0 Å². The number of hydrogen-bond donors (Lipinski definition) is 0. The summed E-state index contributed by atoms with van der Waals surface area (Å²) in [7, 11) is -2.96. The summed E-state index contributed by atoms with van der Waals surface area (Å²) in [6.45, 7) is 12.4. The smallest absolute Gasteiger partial charge is 0.346 e. The van der Waals surface area contributed by atoms with E-state index in [0.717, 1.165) is 25.9 Å². The first-order chi connectivity index (χ1) is 10.6. The van der Waals surface area contributed by atoms with Crippen LogP contribution in [0.1, 0.15) is 47.0 Å². The van der Waals surface area contributed by atoms with Crippen LogP contribution in [0.4, 0.5) is 0 Å². The van der Waals surface area contributed by atoms with E-state index in [0.29, 0.717) is 39.4 Å². The highest BCUT2D eigenvalue weighted by atomic mass is 31.2. The maximum atomic E-state index is 13.3. The summed E-state index contributed by atoms with van der Waals surface area (Å²) < 4.78 is 34.2. The largest absolute Gasteiger partial charge is 0.353 e. The van der Waals surface area contributed by atoms with Gasteiger partial charge in [0, 0.05) is 32.8 Å². The van der Waals surface area contributed by atoms with Gasteiger partial charge in [0.15, 0.2) is 6.29 Å². The number of rotatable bonds is 11. The van der Waals surface area contributed by atoms with Crippen molar-refractivity contribution < 1.29 is 18.6 Å². The van der Waals surface area contributed by atoms with Crippen LogP contribution in [0.2, 0.25) is 0 Å². The lowest BCUT2D eigenvalue weighted by atomic mass is 10.2. The van der Waals surface area contributed by atoms with Gasteiger partial charge in [-0.05, 0) is 19.3 Å². The third-order valence-corrected chi connectivity index (χ3v) is 7.04. The van der Waals surface area contributed by atoms with Crippen LogP contribution >= 0.6 is 7.67 Å². The summed E-state index contributed by atoms with van der Waals surface area (Å²) >= 11 is 0. The van der Waals surface area contributed by atoms with E-state index in [2.05, 4.69) is 0 Å². The predicted octanol–water partition coefficient (Wildman–Crippen LogP) is 3.34. The van der Waals surface area contributed by atoms with Gasteiger partial charge in [-0.25, -0.2) is 9.34 Å². The Morgan fingerprint density at radius 2 is 1.59 bits per heavy atom. The van der Waals surface area contributed by atoms with Crippen LogP contribution in [-0.2, 0) is 18.6 Å². The molecule has 0 spiro atoms. The van der Waals surface area contributed by atoms with E-state index in [1.165, 1.54) is 0 Å². The van der Waals surface area contributed by atoms with Crippen molar-refractivity contribution in [1.29, 1.82) is 0 Å². The van der Waals surface area contributed by atoms with Gasteiger partial charge >= 0.3 is 7.67 Å². The Labute approximate surface area is 135 Å². The Morgan fingerprint density at radius 3 is 2.05 bits per heavy atom. The third-order valence-electron chi connectivity index (χ3n) is 3.96. The molecule has 7 heteroatoms. The Kier molecular flexibility index (Phi) is 9.80. The Hall–Kier alpha value is 0.0300. The molecule has 1 fully saturated rings. The minimum atomic E-state index is -2.96. The molecule has 0 radical (unpaired) electrons. The number of ether oxygens (including phenoxy) is 2. The molecule has 1 aliphatic rings. The molecule has 0 aromatic heterocycles. The normalized spacial score (nSPS) is 20.0. The molecule has 1 aliphatic heterocycles. The van der Waals surface area contributed by atoms with Crippen molar-refractivity contribution in [3.8, 4) is 0 Å². The molecule has 1 saturated heterocycles. The molecule has 6 nitrogen and oxygen atoms in total. The molecule has 0 amide bonds. The molecular formula is C15H33N2O4P. The van der Waals surface area contributed by atoms with E-state index < -0.39 is 7.67 Å². The Balaban J connectivity index is 2.51. The van der Waals surface area contributed by atoms with Crippen molar-refractivity contribution in [3.63, 3.8) is 0 Å². The van der Waals surface area contributed by atoms with Crippen molar-refractivity contribution >= 4 is 7.67 Å². The van der Waals surface area contributed by atoms with E-state index in [4.69, 9.17) is 14.0 Å². The topological polar surface area (TPSA) is 51.2 Å². The lowest BCUT2D eigenvalue weighted by Crippen LogP contribution is -2.34. The van der Waals surface area contributed by atoms with E-state index in [1.54, 1.807) is 0 Å². The third kappa shape index (κ3) is 5.59. The van der Waals surface area contributed by atoms with Gasteiger partial charge in [-0.1, -0.05) is 27.7 Å². The summed E-state index contributed by atoms with van der Waals surface area (Å²) in [5.41, 5.74) is 0. The van der Waals surface area contributed by atoms with Gasteiger partial charge in [0.05, 0.1) is 13.2 Å². The fraction of sp³-hybridized carbons (Fsp3) is 1.00.